The maximum atomic E-state index is 15.1. The second-order valence-electron chi connectivity index (χ2n) is 13.3. The Morgan fingerprint density at radius 2 is 1.73 bits per heavy atom. The van der Waals surface area contributed by atoms with Crippen LogP contribution in [0.15, 0.2) is 66.7 Å². The number of hydrogen-bond acceptors (Lipinski definition) is 6. The largest absolute Gasteiger partial charge is 0.496 e. The number of amidine groups is 1. The van der Waals surface area contributed by atoms with Gasteiger partial charge in [0, 0.05) is 51.9 Å². The molecule has 1 fully saturated rings. The lowest BCUT2D eigenvalue weighted by Crippen LogP contribution is -2.58. The molecule has 0 aliphatic carbocycles. The third kappa shape index (κ3) is 9.29. The molecule has 12 heteroatoms. The van der Waals surface area contributed by atoms with Gasteiger partial charge in [-0.1, -0.05) is 82.1 Å². The molecule has 0 aromatic heterocycles. The first kappa shape index (κ1) is 38.1. The summed E-state index contributed by atoms with van der Waals surface area (Å²) in [6, 6.07) is 18.6. The standard InChI is InChI=1S/C37H44Cl2N4O5S/c1-21(2)30(18-32(40)42-49-22(3)4)43-34(23-10-12-25(38)13-11-23)29(24-8-7-9-26(39)16-24)19-37(5,36(43)47)20-33(44)41-27-14-15-28(35(45)46)31(17-27)48-6/h7-17,21-22,29-30,34H,18-20H2,1-6H3,(H2,40,42)(H,41,44)(H,45,46)/t29-,30?,34-,37-/m1/s1. The van der Waals surface area contributed by atoms with Crippen LogP contribution in [0.25, 0.3) is 0 Å². The Bertz CT molecular complexity index is 1690. The summed E-state index contributed by atoms with van der Waals surface area (Å²) in [5.41, 5.74) is 0.983. The van der Waals surface area contributed by atoms with E-state index in [1.807, 2.05) is 82.0 Å². The topological polar surface area (TPSA) is 132 Å². The minimum atomic E-state index is -1.15. The lowest BCUT2D eigenvalue weighted by molar-refractivity contribution is -0.158. The van der Waals surface area contributed by atoms with Gasteiger partial charge < -0.3 is 24.8 Å². The Morgan fingerprint density at radius 1 is 1.04 bits per heavy atom. The molecular formula is C37H44Cl2N4O5S. The second kappa shape index (κ2) is 16.3. The van der Waals surface area contributed by atoms with E-state index in [4.69, 9.17) is 33.3 Å². The van der Waals surface area contributed by atoms with Gasteiger partial charge in [0.05, 0.1) is 18.6 Å². The monoisotopic (exact) mass is 726 g/mol. The number of aromatic carboxylic acids is 1. The number of amides is 2. The predicted octanol–water partition coefficient (Wildman–Crippen LogP) is 8.83. The molecule has 3 aromatic rings. The summed E-state index contributed by atoms with van der Waals surface area (Å²) in [7, 11) is 1.36. The van der Waals surface area contributed by atoms with E-state index in [9.17, 15) is 14.7 Å². The van der Waals surface area contributed by atoms with Gasteiger partial charge in [-0.05, 0) is 71.8 Å². The molecule has 0 spiro atoms. The predicted molar refractivity (Wildman–Crippen MR) is 198 cm³/mol. The van der Waals surface area contributed by atoms with E-state index in [1.165, 1.54) is 37.3 Å². The zero-order valence-electron chi connectivity index (χ0n) is 28.6. The third-order valence-electron chi connectivity index (χ3n) is 8.81. The highest BCUT2D eigenvalue weighted by Gasteiger charge is 2.53. The molecule has 0 bridgehead atoms. The van der Waals surface area contributed by atoms with E-state index < -0.39 is 29.4 Å². The lowest BCUT2D eigenvalue weighted by Gasteiger charge is -2.53. The normalized spacial score (nSPS) is 19.9. The van der Waals surface area contributed by atoms with Gasteiger partial charge >= 0.3 is 5.97 Å². The number of carbonyl (C=O) groups is 3. The molecule has 3 aromatic carbocycles. The molecule has 0 radical (unpaired) electrons. The van der Waals surface area contributed by atoms with Crippen molar-refractivity contribution < 1.29 is 24.2 Å². The minimum Gasteiger partial charge on any atom is -0.496 e. The molecule has 1 heterocycles. The van der Waals surface area contributed by atoms with Crippen molar-refractivity contribution in [2.24, 2.45) is 11.3 Å². The number of nitrogens with one attached hydrogen (secondary N) is 3. The molecule has 9 nitrogen and oxygen atoms in total. The Balaban J connectivity index is 1.80. The van der Waals surface area contributed by atoms with Crippen molar-refractivity contribution in [1.29, 1.82) is 5.41 Å². The van der Waals surface area contributed by atoms with E-state index in [-0.39, 0.29) is 47.1 Å². The highest BCUT2D eigenvalue weighted by atomic mass is 35.5. The Labute approximate surface area is 302 Å². The minimum absolute atomic E-state index is 0.0326. The van der Waals surface area contributed by atoms with E-state index in [0.717, 1.165) is 11.1 Å². The molecule has 0 saturated carbocycles. The summed E-state index contributed by atoms with van der Waals surface area (Å²) >= 11 is 14.3. The van der Waals surface area contributed by atoms with Crippen molar-refractivity contribution in [2.45, 2.75) is 77.1 Å². The van der Waals surface area contributed by atoms with Crippen molar-refractivity contribution in [2.75, 3.05) is 12.4 Å². The number of rotatable bonds is 13. The number of benzene rings is 3. The van der Waals surface area contributed by atoms with Crippen LogP contribution in [0.2, 0.25) is 10.0 Å². The number of likely N-dealkylation sites (tertiary alicyclic amines) is 1. The summed E-state index contributed by atoms with van der Waals surface area (Å²) in [6.45, 7) is 9.99. The summed E-state index contributed by atoms with van der Waals surface area (Å²) in [5, 5.41) is 22.5. The number of carboxylic acids is 1. The highest BCUT2D eigenvalue weighted by Crippen LogP contribution is 2.53. The van der Waals surface area contributed by atoms with E-state index in [0.29, 0.717) is 28.0 Å². The number of methoxy groups -OCH3 is 1. The van der Waals surface area contributed by atoms with E-state index in [2.05, 4.69) is 10.0 Å². The van der Waals surface area contributed by atoms with Gasteiger partial charge in [-0.2, -0.15) is 0 Å². The maximum Gasteiger partial charge on any atom is 0.339 e. The quantitative estimate of drug-likeness (QED) is 0.0786. The molecule has 1 aliphatic heterocycles. The number of anilines is 1. The van der Waals surface area contributed by atoms with Crippen LogP contribution in [-0.4, -0.2) is 52.0 Å². The molecule has 262 valence electrons. The summed E-state index contributed by atoms with van der Waals surface area (Å²) in [6.07, 6.45) is 0.487. The fourth-order valence-corrected chi connectivity index (χ4v) is 7.30. The van der Waals surface area contributed by atoms with Gasteiger partial charge in [-0.3, -0.25) is 15.0 Å². The van der Waals surface area contributed by atoms with Gasteiger partial charge in [0.25, 0.3) is 0 Å². The number of carboxylic acid groups (broad SMARTS) is 1. The fourth-order valence-electron chi connectivity index (χ4n) is 6.51. The molecule has 1 unspecified atom stereocenters. The van der Waals surface area contributed by atoms with Crippen molar-refractivity contribution >= 4 is 64.5 Å². The molecule has 1 aliphatic rings. The molecule has 49 heavy (non-hydrogen) atoms. The maximum absolute atomic E-state index is 15.1. The average molecular weight is 728 g/mol. The summed E-state index contributed by atoms with van der Waals surface area (Å²) in [4.78, 5) is 42.3. The first-order chi connectivity index (χ1) is 23.1. The van der Waals surface area contributed by atoms with Crippen LogP contribution in [0.5, 0.6) is 5.75 Å². The zero-order chi connectivity index (χ0) is 36.0. The number of carbonyl (C=O) groups excluding carboxylic acids is 2. The summed E-state index contributed by atoms with van der Waals surface area (Å²) < 4.78 is 8.39. The average Bonchev–Trinajstić information content (AvgIpc) is 3.04. The van der Waals surface area contributed by atoms with E-state index >= 15 is 4.79 Å². The number of ether oxygens (including phenoxy) is 1. The SMILES string of the molecule is COc1cc(NC(=O)C[C@@]2(C)C[C@H](c3cccc(Cl)c3)[C@@H](c3ccc(Cl)cc3)N(C(CC(=N)NSC(C)C)C(C)C)C2=O)ccc1C(=O)O. The van der Waals surface area contributed by atoms with Crippen LogP contribution in [0.4, 0.5) is 5.69 Å². The van der Waals surface area contributed by atoms with E-state index in [1.54, 1.807) is 6.07 Å². The van der Waals surface area contributed by atoms with Crippen LogP contribution >= 0.6 is 35.1 Å². The summed E-state index contributed by atoms with van der Waals surface area (Å²) in [5.74, 6) is -1.64. The van der Waals surface area contributed by atoms with Crippen LogP contribution in [0.3, 0.4) is 0 Å². The van der Waals surface area contributed by atoms with Crippen molar-refractivity contribution in [3.8, 4) is 5.75 Å². The van der Waals surface area contributed by atoms with Crippen LogP contribution in [-0.2, 0) is 9.59 Å². The molecule has 4 N–H and O–H groups in total. The van der Waals surface area contributed by atoms with Crippen LogP contribution < -0.4 is 14.8 Å². The Kier molecular flexibility index (Phi) is 12.7. The molecule has 4 rings (SSSR count). The fraction of sp³-hybridized carbons (Fsp3) is 0.405. The van der Waals surface area contributed by atoms with Gasteiger partial charge in [-0.15, -0.1) is 0 Å². The Morgan fingerprint density at radius 3 is 2.33 bits per heavy atom. The second-order valence-corrected chi connectivity index (χ2v) is 15.6. The number of halogens is 2. The van der Waals surface area contributed by atoms with Crippen molar-refractivity contribution in [3.63, 3.8) is 0 Å². The van der Waals surface area contributed by atoms with Gasteiger partial charge in [-0.25, -0.2) is 4.79 Å². The van der Waals surface area contributed by atoms with Crippen LogP contribution in [0, 0.1) is 16.7 Å². The van der Waals surface area contributed by atoms with Gasteiger partial charge in [0.1, 0.15) is 17.1 Å². The Hall–Kier alpha value is -3.73. The first-order valence-corrected chi connectivity index (χ1v) is 17.8. The molecule has 2 amide bonds. The molecule has 4 atom stereocenters. The lowest BCUT2D eigenvalue weighted by atomic mass is 9.66. The van der Waals surface area contributed by atoms with Gasteiger partial charge in [0.2, 0.25) is 11.8 Å². The van der Waals surface area contributed by atoms with Gasteiger partial charge in [0.15, 0.2) is 0 Å². The molecule has 1 saturated heterocycles. The van der Waals surface area contributed by atoms with Crippen molar-refractivity contribution in [3.05, 3.63) is 93.5 Å². The first-order valence-electron chi connectivity index (χ1n) is 16.2. The zero-order valence-corrected chi connectivity index (χ0v) is 30.9. The number of hydrogen-bond donors (Lipinski definition) is 4. The van der Waals surface area contributed by atoms with Crippen molar-refractivity contribution in [1.82, 2.24) is 9.62 Å². The highest BCUT2D eigenvalue weighted by molar-refractivity contribution is 7.98. The smallest absolute Gasteiger partial charge is 0.339 e. The number of piperidine rings is 1. The third-order valence-corrected chi connectivity index (χ3v) is 10.1. The number of nitrogens with zero attached hydrogens (tertiary/aromatic N) is 1. The van der Waals surface area contributed by atoms with Crippen LogP contribution in [0.1, 0.15) is 87.3 Å². The molecular weight excluding hydrogens is 683 g/mol.